The van der Waals surface area contributed by atoms with Gasteiger partial charge in [0.2, 0.25) is 0 Å². The SMILES string of the molecule is CCN1C(=O)C(=Cc2ccc(OCCOc3ccccc3OC)c(OC)c2)SC1=S. The molecule has 0 N–H and O–H groups in total. The Morgan fingerprint density at radius 2 is 1.60 bits per heavy atom. The number of likely N-dealkylation sites (N-methyl/N-ethyl adjacent to an activating group) is 1. The zero-order valence-electron chi connectivity index (χ0n) is 17.0. The minimum Gasteiger partial charge on any atom is -0.493 e. The van der Waals surface area contributed by atoms with Gasteiger partial charge in [-0.15, -0.1) is 0 Å². The summed E-state index contributed by atoms with van der Waals surface area (Å²) in [5, 5.41) is 0. The molecule has 1 saturated heterocycles. The van der Waals surface area contributed by atoms with Gasteiger partial charge in [-0.05, 0) is 42.8 Å². The van der Waals surface area contributed by atoms with Crippen LogP contribution < -0.4 is 18.9 Å². The van der Waals surface area contributed by atoms with E-state index in [-0.39, 0.29) is 5.91 Å². The van der Waals surface area contributed by atoms with E-state index >= 15 is 0 Å². The Bertz CT molecular complexity index is 960. The van der Waals surface area contributed by atoms with Gasteiger partial charge in [-0.1, -0.05) is 42.2 Å². The van der Waals surface area contributed by atoms with E-state index in [0.29, 0.717) is 52.0 Å². The molecule has 0 unspecified atom stereocenters. The largest absolute Gasteiger partial charge is 0.493 e. The van der Waals surface area contributed by atoms with Crippen LogP contribution in [-0.2, 0) is 4.79 Å². The number of carbonyl (C=O) groups is 1. The number of hydrogen-bond acceptors (Lipinski definition) is 7. The number of rotatable bonds is 9. The van der Waals surface area contributed by atoms with Gasteiger partial charge in [0.15, 0.2) is 23.0 Å². The highest BCUT2D eigenvalue weighted by atomic mass is 32.2. The summed E-state index contributed by atoms with van der Waals surface area (Å²) in [6, 6.07) is 13.0. The first-order valence-electron chi connectivity index (χ1n) is 9.39. The van der Waals surface area contributed by atoms with Gasteiger partial charge in [0.25, 0.3) is 5.91 Å². The second-order valence-electron chi connectivity index (χ2n) is 6.18. The molecule has 2 aromatic rings. The Balaban J connectivity index is 1.63. The topological polar surface area (TPSA) is 57.2 Å². The minimum atomic E-state index is -0.0692. The molecule has 1 amide bonds. The van der Waals surface area contributed by atoms with E-state index < -0.39 is 0 Å². The fourth-order valence-electron chi connectivity index (χ4n) is 2.86. The van der Waals surface area contributed by atoms with Gasteiger partial charge in [-0.2, -0.15) is 0 Å². The van der Waals surface area contributed by atoms with Crippen LogP contribution in [0.25, 0.3) is 6.08 Å². The quantitative estimate of drug-likeness (QED) is 0.322. The number of nitrogens with zero attached hydrogens (tertiary/aromatic N) is 1. The smallest absolute Gasteiger partial charge is 0.266 e. The van der Waals surface area contributed by atoms with Crippen molar-refractivity contribution in [3.63, 3.8) is 0 Å². The van der Waals surface area contributed by atoms with Crippen LogP contribution in [0, 0.1) is 0 Å². The maximum absolute atomic E-state index is 12.4. The summed E-state index contributed by atoms with van der Waals surface area (Å²) in [4.78, 5) is 14.6. The van der Waals surface area contributed by atoms with Crippen LogP contribution in [-0.4, -0.2) is 49.1 Å². The molecule has 6 nitrogen and oxygen atoms in total. The molecule has 0 saturated carbocycles. The average Bonchev–Trinajstić information content (AvgIpc) is 3.04. The Hall–Kier alpha value is -2.71. The van der Waals surface area contributed by atoms with Crippen LogP contribution in [0.5, 0.6) is 23.0 Å². The van der Waals surface area contributed by atoms with Gasteiger partial charge in [0, 0.05) is 6.54 Å². The number of thioether (sulfide) groups is 1. The summed E-state index contributed by atoms with van der Waals surface area (Å²) in [6.07, 6.45) is 1.81. The second-order valence-corrected chi connectivity index (χ2v) is 7.86. The van der Waals surface area contributed by atoms with Crippen LogP contribution >= 0.6 is 24.0 Å². The van der Waals surface area contributed by atoms with Crippen LogP contribution in [0.2, 0.25) is 0 Å². The van der Waals surface area contributed by atoms with E-state index in [1.54, 1.807) is 19.1 Å². The lowest BCUT2D eigenvalue weighted by Crippen LogP contribution is -2.27. The van der Waals surface area contributed by atoms with E-state index in [0.717, 1.165) is 5.56 Å². The van der Waals surface area contributed by atoms with Gasteiger partial charge >= 0.3 is 0 Å². The molecule has 0 spiro atoms. The standard InChI is InChI=1S/C22H23NO5S2/c1-4-23-21(24)20(30-22(23)29)14-15-9-10-18(19(13-15)26-3)28-12-11-27-17-8-6-5-7-16(17)25-2/h5-10,13-14H,4,11-12H2,1-3H3. The van der Waals surface area contributed by atoms with E-state index in [4.69, 9.17) is 31.2 Å². The fourth-order valence-corrected chi connectivity index (χ4v) is 4.24. The number of methoxy groups -OCH3 is 2. The fraction of sp³-hybridized carbons (Fsp3) is 0.273. The molecule has 8 heteroatoms. The van der Waals surface area contributed by atoms with E-state index in [2.05, 4.69) is 0 Å². The first-order valence-corrected chi connectivity index (χ1v) is 10.6. The van der Waals surface area contributed by atoms with Gasteiger partial charge in [0.1, 0.15) is 17.5 Å². The summed E-state index contributed by atoms with van der Waals surface area (Å²) >= 11 is 6.56. The predicted octanol–water partition coefficient (Wildman–Crippen LogP) is 4.38. The molecular formula is C22H23NO5S2. The lowest BCUT2D eigenvalue weighted by atomic mass is 10.2. The first kappa shape index (κ1) is 22.0. The summed E-state index contributed by atoms with van der Waals surface area (Å²) in [5.41, 5.74) is 0.834. The molecule has 0 atom stereocenters. The minimum absolute atomic E-state index is 0.0692. The second kappa shape index (κ2) is 10.4. The first-order chi connectivity index (χ1) is 14.6. The molecule has 30 heavy (non-hydrogen) atoms. The average molecular weight is 446 g/mol. The molecular weight excluding hydrogens is 422 g/mol. The molecule has 0 bridgehead atoms. The number of thiocarbonyl (C=S) groups is 1. The monoisotopic (exact) mass is 445 g/mol. The molecule has 1 heterocycles. The number of benzene rings is 2. The molecule has 1 aliphatic rings. The Morgan fingerprint density at radius 3 is 2.20 bits per heavy atom. The van der Waals surface area contributed by atoms with Crippen LogP contribution in [0.15, 0.2) is 47.4 Å². The van der Waals surface area contributed by atoms with Crippen LogP contribution in [0.1, 0.15) is 12.5 Å². The zero-order valence-corrected chi connectivity index (χ0v) is 18.7. The van der Waals surface area contributed by atoms with E-state index in [1.165, 1.54) is 11.8 Å². The molecule has 0 aliphatic carbocycles. The number of ether oxygens (including phenoxy) is 4. The third-order valence-corrected chi connectivity index (χ3v) is 5.72. The van der Waals surface area contributed by atoms with Crippen molar-refractivity contribution >= 4 is 40.3 Å². The number of hydrogen-bond donors (Lipinski definition) is 0. The molecule has 1 aliphatic heterocycles. The van der Waals surface area contributed by atoms with Crippen molar-refractivity contribution in [1.82, 2.24) is 4.90 Å². The van der Waals surface area contributed by atoms with Crippen molar-refractivity contribution in [2.24, 2.45) is 0 Å². The molecule has 1 fully saturated rings. The number of carbonyl (C=O) groups excluding carboxylic acids is 1. The highest BCUT2D eigenvalue weighted by molar-refractivity contribution is 8.26. The van der Waals surface area contributed by atoms with Crippen molar-refractivity contribution in [1.29, 1.82) is 0 Å². The van der Waals surface area contributed by atoms with Crippen molar-refractivity contribution in [2.75, 3.05) is 34.0 Å². The van der Waals surface area contributed by atoms with Crippen LogP contribution in [0.3, 0.4) is 0 Å². The number of amides is 1. The third kappa shape index (κ3) is 5.06. The predicted molar refractivity (Wildman–Crippen MR) is 123 cm³/mol. The highest BCUT2D eigenvalue weighted by Crippen LogP contribution is 2.34. The van der Waals surface area contributed by atoms with Gasteiger partial charge < -0.3 is 18.9 Å². The normalized spacial score (nSPS) is 14.9. The summed E-state index contributed by atoms with van der Waals surface area (Å²) in [5.74, 6) is 2.44. The van der Waals surface area contributed by atoms with Crippen molar-refractivity contribution < 1.29 is 23.7 Å². The van der Waals surface area contributed by atoms with Gasteiger partial charge in [-0.25, -0.2) is 0 Å². The zero-order chi connectivity index (χ0) is 21.5. The molecule has 3 rings (SSSR count). The summed E-state index contributed by atoms with van der Waals surface area (Å²) < 4.78 is 22.8. The highest BCUT2D eigenvalue weighted by Gasteiger charge is 2.30. The van der Waals surface area contributed by atoms with Crippen LogP contribution in [0.4, 0.5) is 0 Å². The molecule has 0 radical (unpaired) electrons. The van der Waals surface area contributed by atoms with Gasteiger partial charge in [-0.3, -0.25) is 9.69 Å². The Morgan fingerprint density at radius 1 is 0.967 bits per heavy atom. The Kier molecular flexibility index (Phi) is 7.59. The maximum atomic E-state index is 12.4. The molecule has 0 aromatic heterocycles. The van der Waals surface area contributed by atoms with E-state index in [1.807, 2.05) is 55.5 Å². The van der Waals surface area contributed by atoms with Crippen molar-refractivity contribution in [3.05, 3.63) is 52.9 Å². The summed E-state index contributed by atoms with van der Waals surface area (Å²) in [6.45, 7) is 3.16. The van der Waals surface area contributed by atoms with Crippen molar-refractivity contribution in [3.8, 4) is 23.0 Å². The molecule has 158 valence electrons. The maximum Gasteiger partial charge on any atom is 0.266 e. The lowest BCUT2D eigenvalue weighted by molar-refractivity contribution is -0.121. The lowest BCUT2D eigenvalue weighted by Gasteiger charge is -2.13. The van der Waals surface area contributed by atoms with Gasteiger partial charge in [0.05, 0.1) is 19.1 Å². The van der Waals surface area contributed by atoms with Crippen molar-refractivity contribution in [2.45, 2.75) is 6.92 Å². The third-order valence-electron chi connectivity index (χ3n) is 4.34. The molecule has 2 aromatic carbocycles. The number of para-hydroxylation sites is 2. The van der Waals surface area contributed by atoms with E-state index in [9.17, 15) is 4.79 Å². The summed E-state index contributed by atoms with van der Waals surface area (Å²) in [7, 11) is 3.18. The Labute approximate surface area is 185 Å².